The quantitative estimate of drug-likeness (QED) is 0.661. The van der Waals surface area contributed by atoms with Gasteiger partial charge in [0.25, 0.3) is 0 Å². The maximum Gasteiger partial charge on any atom is 0.220 e. The molecule has 1 N–H and O–H groups in total. The van der Waals surface area contributed by atoms with Crippen LogP contribution in [0.4, 0.5) is 0 Å². The molecule has 0 spiro atoms. The predicted molar refractivity (Wildman–Crippen MR) is 102 cm³/mol. The van der Waals surface area contributed by atoms with Crippen LogP contribution in [0.15, 0.2) is 71.1 Å². The maximum absolute atomic E-state index is 12.0. The Morgan fingerprint density at radius 1 is 0.962 bits per heavy atom. The number of methoxy groups -OCH3 is 1. The van der Waals surface area contributed by atoms with E-state index in [1.807, 2.05) is 66.7 Å². The molecule has 3 aromatic rings. The molecule has 134 valence electrons. The number of aryl methyl sites for hydroxylation is 1. The van der Waals surface area contributed by atoms with Gasteiger partial charge in [-0.05, 0) is 36.2 Å². The zero-order chi connectivity index (χ0) is 18.2. The Morgan fingerprint density at radius 3 is 2.46 bits per heavy atom. The molecule has 4 heteroatoms. The number of furan rings is 1. The molecule has 26 heavy (non-hydrogen) atoms. The van der Waals surface area contributed by atoms with Gasteiger partial charge >= 0.3 is 0 Å². The fraction of sp³-hybridized carbons (Fsp3) is 0.227. The van der Waals surface area contributed by atoms with Crippen LogP contribution in [0.1, 0.15) is 17.7 Å². The molecule has 0 saturated heterocycles. The second-order valence-electron chi connectivity index (χ2n) is 6.08. The van der Waals surface area contributed by atoms with E-state index >= 15 is 0 Å². The number of amides is 1. The Balaban J connectivity index is 1.40. The molecule has 4 nitrogen and oxygen atoms in total. The van der Waals surface area contributed by atoms with Crippen molar-refractivity contribution in [3.05, 3.63) is 78.1 Å². The molecule has 0 saturated carbocycles. The lowest BCUT2D eigenvalue weighted by molar-refractivity contribution is -0.121. The minimum Gasteiger partial charge on any atom is -0.497 e. The van der Waals surface area contributed by atoms with Gasteiger partial charge in [-0.2, -0.15) is 0 Å². The molecular formula is C22H23NO3. The van der Waals surface area contributed by atoms with Crippen LogP contribution >= 0.6 is 0 Å². The Bertz CT molecular complexity index is 822. The van der Waals surface area contributed by atoms with Gasteiger partial charge in [0.1, 0.15) is 17.3 Å². The van der Waals surface area contributed by atoms with Crippen LogP contribution in [0.2, 0.25) is 0 Å². The van der Waals surface area contributed by atoms with Crippen LogP contribution < -0.4 is 10.1 Å². The average Bonchev–Trinajstić information content (AvgIpc) is 3.17. The van der Waals surface area contributed by atoms with Crippen molar-refractivity contribution < 1.29 is 13.9 Å². The molecule has 0 unspecified atom stereocenters. The lowest BCUT2D eigenvalue weighted by atomic mass is 10.1. The zero-order valence-corrected chi connectivity index (χ0v) is 14.9. The summed E-state index contributed by atoms with van der Waals surface area (Å²) >= 11 is 0. The third-order valence-electron chi connectivity index (χ3n) is 4.21. The summed E-state index contributed by atoms with van der Waals surface area (Å²) < 4.78 is 11.0. The molecule has 1 aromatic heterocycles. The number of carbonyl (C=O) groups is 1. The first-order chi connectivity index (χ1) is 12.7. The van der Waals surface area contributed by atoms with E-state index in [1.54, 1.807) is 7.11 Å². The van der Waals surface area contributed by atoms with Gasteiger partial charge in [-0.15, -0.1) is 0 Å². The number of benzene rings is 2. The van der Waals surface area contributed by atoms with E-state index < -0.39 is 0 Å². The summed E-state index contributed by atoms with van der Waals surface area (Å²) in [5.74, 6) is 2.54. The van der Waals surface area contributed by atoms with E-state index in [9.17, 15) is 4.79 Å². The smallest absolute Gasteiger partial charge is 0.220 e. The van der Waals surface area contributed by atoms with Crippen molar-refractivity contribution in [2.45, 2.75) is 19.3 Å². The number of hydrogen-bond acceptors (Lipinski definition) is 3. The third kappa shape index (κ3) is 4.99. The Hall–Kier alpha value is -3.01. The minimum absolute atomic E-state index is 0.0381. The number of rotatable bonds is 8. The molecule has 0 bridgehead atoms. The van der Waals surface area contributed by atoms with Crippen LogP contribution in [0, 0.1) is 0 Å². The molecule has 2 aromatic carbocycles. The number of nitrogens with one attached hydrogen (secondary N) is 1. The van der Waals surface area contributed by atoms with Gasteiger partial charge in [-0.1, -0.05) is 42.5 Å². The monoisotopic (exact) mass is 349 g/mol. The second-order valence-corrected chi connectivity index (χ2v) is 6.08. The van der Waals surface area contributed by atoms with Crippen LogP contribution in [0.25, 0.3) is 11.3 Å². The van der Waals surface area contributed by atoms with Gasteiger partial charge in [-0.25, -0.2) is 0 Å². The first-order valence-electron chi connectivity index (χ1n) is 8.78. The summed E-state index contributed by atoms with van der Waals surface area (Å²) in [6, 6.07) is 21.7. The van der Waals surface area contributed by atoms with E-state index in [0.29, 0.717) is 19.4 Å². The number of carbonyl (C=O) groups excluding carboxylic acids is 1. The van der Waals surface area contributed by atoms with Crippen molar-refractivity contribution >= 4 is 5.91 Å². The summed E-state index contributed by atoms with van der Waals surface area (Å²) in [6.45, 7) is 0.624. The molecule has 0 aliphatic rings. The van der Waals surface area contributed by atoms with Gasteiger partial charge < -0.3 is 14.5 Å². The number of ether oxygens (including phenoxy) is 1. The van der Waals surface area contributed by atoms with E-state index in [2.05, 4.69) is 5.32 Å². The van der Waals surface area contributed by atoms with Crippen molar-refractivity contribution in [1.29, 1.82) is 0 Å². The molecule has 0 radical (unpaired) electrons. The van der Waals surface area contributed by atoms with Crippen molar-refractivity contribution in [3.8, 4) is 17.1 Å². The summed E-state index contributed by atoms with van der Waals surface area (Å²) in [4.78, 5) is 12.0. The fourth-order valence-corrected chi connectivity index (χ4v) is 2.73. The molecule has 1 heterocycles. The van der Waals surface area contributed by atoms with E-state index in [0.717, 1.165) is 29.3 Å². The predicted octanol–water partition coefficient (Wildman–Crippen LogP) is 4.25. The van der Waals surface area contributed by atoms with Crippen LogP contribution in [-0.4, -0.2) is 19.6 Å². The first-order valence-corrected chi connectivity index (χ1v) is 8.78. The molecule has 0 atom stereocenters. The lowest BCUT2D eigenvalue weighted by Crippen LogP contribution is -2.25. The molecule has 3 rings (SSSR count). The van der Waals surface area contributed by atoms with Gasteiger partial charge in [0.15, 0.2) is 0 Å². The Kier molecular flexibility index (Phi) is 6.09. The van der Waals surface area contributed by atoms with Gasteiger partial charge in [-0.3, -0.25) is 4.79 Å². The maximum atomic E-state index is 12.0. The van der Waals surface area contributed by atoms with Gasteiger partial charge in [0.2, 0.25) is 5.91 Å². The fourth-order valence-electron chi connectivity index (χ4n) is 2.73. The molecule has 0 fully saturated rings. The highest BCUT2D eigenvalue weighted by molar-refractivity contribution is 5.76. The van der Waals surface area contributed by atoms with Crippen LogP contribution in [-0.2, 0) is 17.6 Å². The highest BCUT2D eigenvalue weighted by Gasteiger charge is 2.07. The molecule has 0 aliphatic heterocycles. The average molecular weight is 349 g/mol. The van der Waals surface area contributed by atoms with Crippen molar-refractivity contribution in [2.24, 2.45) is 0 Å². The highest BCUT2D eigenvalue weighted by atomic mass is 16.5. The highest BCUT2D eigenvalue weighted by Crippen LogP contribution is 2.22. The molecule has 0 aliphatic carbocycles. The summed E-state index contributed by atoms with van der Waals surface area (Å²) in [7, 11) is 1.65. The number of hydrogen-bond donors (Lipinski definition) is 1. The SMILES string of the molecule is COc1ccc(CCNC(=O)CCc2ccc(-c3ccccc3)o2)cc1. The Labute approximate surface area is 153 Å². The standard InChI is InChI=1S/C22H23NO3/c1-25-19-9-7-17(8-10-19)15-16-23-22(24)14-12-20-11-13-21(26-20)18-5-3-2-4-6-18/h2-11,13H,12,14-16H2,1H3,(H,23,24). The zero-order valence-electron chi connectivity index (χ0n) is 14.9. The topological polar surface area (TPSA) is 51.5 Å². The minimum atomic E-state index is 0.0381. The normalized spacial score (nSPS) is 10.5. The van der Waals surface area contributed by atoms with Gasteiger partial charge in [0.05, 0.1) is 7.11 Å². The third-order valence-corrected chi connectivity index (χ3v) is 4.21. The van der Waals surface area contributed by atoms with E-state index in [-0.39, 0.29) is 5.91 Å². The second kappa shape index (κ2) is 8.90. The van der Waals surface area contributed by atoms with Crippen molar-refractivity contribution in [3.63, 3.8) is 0 Å². The molecular weight excluding hydrogens is 326 g/mol. The molecule has 1 amide bonds. The van der Waals surface area contributed by atoms with Crippen molar-refractivity contribution in [2.75, 3.05) is 13.7 Å². The summed E-state index contributed by atoms with van der Waals surface area (Å²) in [6.07, 6.45) is 1.82. The van der Waals surface area contributed by atoms with Crippen LogP contribution in [0.3, 0.4) is 0 Å². The van der Waals surface area contributed by atoms with E-state index in [4.69, 9.17) is 9.15 Å². The first kappa shape index (κ1) is 17.8. The van der Waals surface area contributed by atoms with Gasteiger partial charge in [0, 0.05) is 24.9 Å². The summed E-state index contributed by atoms with van der Waals surface area (Å²) in [5, 5.41) is 2.96. The van der Waals surface area contributed by atoms with Crippen molar-refractivity contribution in [1.82, 2.24) is 5.32 Å². The largest absolute Gasteiger partial charge is 0.497 e. The Morgan fingerprint density at radius 2 is 1.73 bits per heavy atom. The van der Waals surface area contributed by atoms with E-state index in [1.165, 1.54) is 5.56 Å². The lowest BCUT2D eigenvalue weighted by Gasteiger charge is -2.06. The summed E-state index contributed by atoms with van der Waals surface area (Å²) in [5.41, 5.74) is 2.22. The van der Waals surface area contributed by atoms with Crippen LogP contribution in [0.5, 0.6) is 5.75 Å².